The SMILES string of the molecule is COc1cc(-c2nnc(NC(=O)C=Cc3ccccc3Cl)o2)cc(OC)c1OC. The second-order valence-corrected chi connectivity index (χ2v) is 6.08. The smallest absolute Gasteiger partial charge is 0.322 e. The average Bonchev–Trinajstić information content (AvgIpc) is 3.20. The quantitative estimate of drug-likeness (QED) is 0.581. The molecule has 29 heavy (non-hydrogen) atoms. The van der Waals surface area contributed by atoms with Crippen LogP contribution in [0.4, 0.5) is 6.01 Å². The lowest BCUT2D eigenvalue weighted by molar-refractivity contribution is -0.112. The first-order valence-corrected chi connectivity index (χ1v) is 8.81. The zero-order valence-corrected chi connectivity index (χ0v) is 16.7. The molecule has 0 radical (unpaired) electrons. The number of hydrogen-bond donors (Lipinski definition) is 1. The van der Waals surface area contributed by atoms with E-state index in [1.807, 2.05) is 12.1 Å². The Morgan fingerprint density at radius 1 is 1.07 bits per heavy atom. The van der Waals surface area contributed by atoms with Gasteiger partial charge in [0.15, 0.2) is 11.5 Å². The summed E-state index contributed by atoms with van der Waals surface area (Å²) in [6.07, 6.45) is 2.92. The van der Waals surface area contributed by atoms with Crippen molar-refractivity contribution in [2.75, 3.05) is 26.6 Å². The third-order valence-corrected chi connectivity index (χ3v) is 4.23. The first-order chi connectivity index (χ1) is 14.0. The van der Waals surface area contributed by atoms with Crippen molar-refractivity contribution in [3.63, 3.8) is 0 Å². The lowest BCUT2D eigenvalue weighted by Crippen LogP contribution is -2.07. The van der Waals surface area contributed by atoms with Crippen LogP contribution >= 0.6 is 11.6 Å². The van der Waals surface area contributed by atoms with Gasteiger partial charge in [0, 0.05) is 16.7 Å². The van der Waals surface area contributed by atoms with Crippen molar-refractivity contribution >= 4 is 29.6 Å². The van der Waals surface area contributed by atoms with Gasteiger partial charge in [-0.15, -0.1) is 5.10 Å². The Balaban J connectivity index is 1.77. The zero-order valence-electron chi connectivity index (χ0n) is 15.9. The molecule has 0 saturated heterocycles. The van der Waals surface area contributed by atoms with Crippen molar-refractivity contribution in [3.8, 4) is 28.7 Å². The molecule has 1 N–H and O–H groups in total. The van der Waals surface area contributed by atoms with Crippen molar-refractivity contribution in [2.24, 2.45) is 0 Å². The van der Waals surface area contributed by atoms with E-state index in [9.17, 15) is 4.79 Å². The Labute approximate surface area is 172 Å². The fourth-order valence-corrected chi connectivity index (χ4v) is 2.72. The Morgan fingerprint density at radius 2 is 1.76 bits per heavy atom. The van der Waals surface area contributed by atoms with Crippen LogP contribution in [0.1, 0.15) is 5.56 Å². The summed E-state index contributed by atoms with van der Waals surface area (Å²) < 4.78 is 21.4. The molecule has 1 aromatic heterocycles. The number of aromatic nitrogens is 2. The molecular weight excluding hydrogens is 398 g/mol. The first-order valence-electron chi connectivity index (χ1n) is 8.43. The number of benzene rings is 2. The summed E-state index contributed by atoms with van der Waals surface area (Å²) in [5.41, 5.74) is 1.26. The van der Waals surface area contributed by atoms with Crippen LogP contribution in [-0.4, -0.2) is 37.4 Å². The Morgan fingerprint density at radius 3 is 2.38 bits per heavy atom. The predicted molar refractivity (Wildman–Crippen MR) is 109 cm³/mol. The van der Waals surface area contributed by atoms with Gasteiger partial charge in [0.25, 0.3) is 5.91 Å². The second-order valence-electron chi connectivity index (χ2n) is 5.67. The van der Waals surface area contributed by atoms with Crippen LogP contribution in [0, 0.1) is 0 Å². The van der Waals surface area contributed by atoms with Gasteiger partial charge in [-0.25, -0.2) is 0 Å². The van der Waals surface area contributed by atoms with E-state index in [4.69, 9.17) is 30.2 Å². The summed E-state index contributed by atoms with van der Waals surface area (Å²) in [5, 5.41) is 10.8. The maximum absolute atomic E-state index is 12.1. The van der Waals surface area contributed by atoms with E-state index in [1.165, 1.54) is 27.4 Å². The number of carbonyl (C=O) groups excluding carboxylic acids is 1. The highest BCUT2D eigenvalue weighted by Gasteiger charge is 2.18. The highest BCUT2D eigenvalue weighted by atomic mass is 35.5. The molecule has 0 aliphatic rings. The molecular formula is C20H18ClN3O5. The number of halogens is 1. The minimum Gasteiger partial charge on any atom is -0.493 e. The Kier molecular flexibility index (Phi) is 6.36. The van der Waals surface area contributed by atoms with Crippen LogP contribution in [0.15, 0.2) is 46.9 Å². The second kappa shape index (κ2) is 9.11. The molecule has 0 spiro atoms. The topological polar surface area (TPSA) is 95.7 Å². The molecule has 8 nitrogen and oxygen atoms in total. The Bertz CT molecular complexity index is 1020. The summed E-state index contributed by atoms with van der Waals surface area (Å²) >= 11 is 6.06. The minimum atomic E-state index is -0.440. The maximum atomic E-state index is 12.1. The number of amides is 1. The minimum absolute atomic E-state index is 0.0532. The summed E-state index contributed by atoms with van der Waals surface area (Å²) in [4.78, 5) is 12.1. The van der Waals surface area contributed by atoms with E-state index in [2.05, 4.69) is 15.5 Å². The number of anilines is 1. The van der Waals surface area contributed by atoms with E-state index in [1.54, 1.807) is 30.3 Å². The van der Waals surface area contributed by atoms with Gasteiger partial charge >= 0.3 is 6.01 Å². The predicted octanol–water partition coefficient (Wildman–Crippen LogP) is 4.07. The van der Waals surface area contributed by atoms with E-state index in [0.29, 0.717) is 33.4 Å². The van der Waals surface area contributed by atoms with Gasteiger partial charge in [-0.2, -0.15) is 0 Å². The molecule has 0 aliphatic heterocycles. The number of methoxy groups -OCH3 is 3. The molecule has 0 bridgehead atoms. The van der Waals surface area contributed by atoms with Crippen LogP contribution in [-0.2, 0) is 4.79 Å². The largest absolute Gasteiger partial charge is 0.493 e. The number of carbonyl (C=O) groups is 1. The van der Waals surface area contributed by atoms with Crippen LogP contribution < -0.4 is 19.5 Å². The number of hydrogen-bond acceptors (Lipinski definition) is 7. The standard InChI is InChI=1S/C20H18ClN3O5/c1-26-15-10-13(11-16(27-2)18(15)28-3)19-23-24-20(29-19)22-17(25)9-8-12-6-4-5-7-14(12)21/h4-11H,1-3H3,(H,22,24,25). The van der Waals surface area contributed by atoms with Crippen molar-refractivity contribution in [3.05, 3.63) is 53.1 Å². The molecule has 3 rings (SSSR count). The van der Waals surface area contributed by atoms with E-state index < -0.39 is 5.91 Å². The van der Waals surface area contributed by atoms with Gasteiger partial charge in [-0.05, 0) is 29.8 Å². The van der Waals surface area contributed by atoms with Crippen LogP contribution in [0.2, 0.25) is 5.02 Å². The fraction of sp³-hybridized carbons (Fsp3) is 0.150. The lowest BCUT2D eigenvalue weighted by atomic mass is 10.2. The fourth-order valence-electron chi connectivity index (χ4n) is 2.52. The molecule has 0 fully saturated rings. The molecule has 2 aromatic carbocycles. The van der Waals surface area contributed by atoms with Crippen molar-refractivity contribution in [2.45, 2.75) is 0 Å². The molecule has 0 atom stereocenters. The zero-order chi connectivity index (χ0) is 20.8. The molecule has 3 aromatic rings. The van der Waals surface area contributed by atoms with Crippen molar-refractivity contribution in [1.82, 2.24) is 10.2 Å². The molecule has 1 amide bonds. The third kappa shape index (κ3) is 4.67. The van der Waals surface area contributed by atoms with E-state index >= 15 is 0 Å². The van der Waals surface area contributed by atoms with Gasteiger partial charge in [0.1, 0.15) is 0 Å². The van der Waals surface area contributed by atoms with E-state index in [-0.39, 0.29) is 11.9 Å². The van der Waals surface area contributed by atoms with Crippen molar-refractivity contribution < 1.29 is 23.4 Å². The molecule has 150 valence electrons. The normalized spacial score (nSPS) is 10.8. The summed E-state index contributed by atoms with van der Waals surface area (Å²) in [6.45, 7) is 0. The van der Waals surface area contributed by atoms with Gasteiger partial charge in [0.05, 0.1) is 21.3 Å². The maximum Gasteiger partial charge on any atom is 0.322 e. The van der Waals surface area contributed by atoms with Gasteiger partial charge in [-0.3, -0.25) is 10.1 Å². The number of nitrogens with one attached hydrogen (secondary N) is 1. The molecule has 9 heteroatoms. The molecule has 0 saturated carbocycles. The van der Waals surface area contributed by atoms with Crippen LogP contribution in [0.5, 0.6) is 17.2 Å². The van der Waals surface area contributed by atoms with E-state index in [0.717, 1.165) is 0 Å². The third-order valence-electron chi connectivity index (χ3n) is 3.89. The van der Waals surface area contributed by atoms with Crippen LogP contribution in [0.3, 0.4) is 0 Å². The first kappa shape index (κ1) is 20.2. The summed E-state index contributed by atoms with van der Waals surface area (Å²) in [7, 11) is 4.52. The van der Waals surface area contributed by atoms with Crippen molar-refractivity contribution in [1.29, 1.82) is 0 Å². The van der Waals surface area contributed by atoms with Gasteiger partial charge in [-0.1, -0.05) is 34.9 Å². The number of rotatable bonds is 7. The number of ether oxygens (including phenoxy) is 3. The van der Waals surface area contributed by atoms with Crippen LogP contribution in [0.25, 0.3) is 17.5 Å². The van der Waals surface area contributed by atoms with Gasteiger partial charge < -0.3 is 18.6 Å². The highest BCUT2D eigenvalue weighted by molar-refractivity contribution is 6.32. The molecule has 0 aliphatic carbocycles. The summed E-state index contributed by atoms with van der Waals surface area (Å²) in [5.74, 6) is 1.05. The lowest BCUT2D eigenvalue weighted by Gasteiger charge is -2.12. The number of nitrogens with zero attached hydrogens (tertiary/aromatic N) is 2. The highest BCUT2D eigenvalue weighted by Crippen LogP contribution is 2.41. The summed E-state index contributed by atoms with van der Waals surface area (Å²) in [6, 6.07) is 10.4. The Hall–Kier alpha value is -3.52. The average molecular weight is 416 g/mol. The van der Waals surface area contributed by atoms with Gasteiger partial charge in [0.2, 0.25) is 11.6 Å². The molecule has 0 unspecified atom stereocenters. The monoisotopic (exact) mass is 415 g/mol. The molecule has 1 heterocycles.